The fourth-order valence-electron chi connectivity index (χ4n) is 4.18. The van der Waals surface area contributed by atoms with Crippen molar-refractivity contribution in [1.82, 2.24) is 10.6 Å². The summed E-state index contributed by atoms with van der Waals surface area (Å²) in [6.07, 6.45) is 5.48. The number of aliphatic hydroxyl groups is 1. The third kappa shape index (κ3) is 5.02. The Kier molecular flexibility index (Phi) is 6.53. The molecule has 0 saturated heterocycles. The number of ether oxygens (including phenoxy) is 1. The van der Waals surface area contributed by atoms with Gasteiger partial charge in [0.2, 0.25) is 0 Å². The van der Waals surface area contributed by atoms with Gasteiger partial charge in [-0.05, 0) is 62.8 Å². The first-order chi connectivity index (χ1) is 14.1. The predicted octanol–water partition coefficient (Wildman–Crippen LogP) is 3.50. The second kappa shape index (κ2) is 8.78. The van der Waals surface area contributed by atoms with Gasteiger partial charge in [0.05, 0.1) is 11.6 Å². The lowest BCUT2D eigenvalue weighted by Gasteiger charge is -2.33. The van der Waals surface area contributed by atoms with E-state index in [2.05, 4.69) is 42.3 Å². The fourth-order valence-corrected chi connectivity index (χ4v) is 4.18. The van der Waals surface area contributed by atoms with E-state index in [0.29, 0.717) is 11.3 Å². The molecule has 0 bridgehead atoms. The Morgan fingerprint density at radius 2 is 2.07 bits per heavy atom. The first-order valence-corrected chi connectivity index (χ1v) is 10.6. The van der Waals surface area contributed by atoms with Crippen LogP contribution in [0.5, 0.6) is 0 Å². The molecule has 30 heavy (non-hydrogen) atoms. The molecular weight excluding hydrogens is 376 g/mol. The summed E-state index contributed by atoms with van der Waals surface area (Å²) < 4.78 is 5.75. The van der Waals surface area contributed by atoms with E-state index in [0.717, 1.165) is 19.3 Å². The zero-order valence-corrected chi connectivity index (χ0v) is 18.7. The highest BCUT2D eigenvalue weighted by Crippen LogP contribution is 2.34. The Bertz CT molecular complexity index is 892. The van der Waals surface area contributed by atoms with Crippen LogP contribution in [0.1, 0.15) is 56.7 Å². The zero-order valence-electron chi connectivity index (χ0n) is 18.7. The van der Waals surface area contributed by atoms with E-state index in [1.54, 1.807) is 13.1 Å². The highest BCUT2D eigenvalue weighted by molar-refractivity contribution is 5.93. The lowest BCUT2D eigenvalue weighted by atomic mass is 9.80. The number of benzene rings is 1. The molecule has 162 valence electrons. The smallest absolute Gasteiger partial charge is 0.267 e. The van der Waals surface area contributed by atoms with Crippen LogP contribution in [-0.2, 0) is 22.4 Å². The Hall–Kier alpha value is -2.37. The molecule has 0 aromatic heterocycles. The summed E-state index contributed by atoms with van der Waals surface area (Å²) in [7, 11) is 1.60. The van der Waals surface area contributed by atoms with Crippen LogP contribution >= 0.6 is 0 Å². The van der Waals surface area contributed by atoms with Crippen LogP contribution in [0.15, 0.2) is 53.8 Å². The van der Waals surface area contributed by atoms with Crippen molar-refractivity contribution in [1.29, 1.82) is 0 Å². The van der Waals surface area contributed by atoms with Crippen LogP contribution in [-0.4, -0.2) is 36.0 Å². The van der Waals surface area contributed by atoms with Crippen molar-refractivity contribution in [2.45, 2.75) is 70.8 Å². The maximum absolute atomic E-state index is 12.4. The van der Waals surface area contributed by atoms with Crippen LogP contribution < -0.4 is 10.6 Å². The molecular formula is C25H34N2O3. The van der Waals surface area contributed by atoms with Gasteiger partial charge in [-0.1, -0.05) is 43.4 Å². The summed E-state index contributed by atoms with van der Waals surface area (Å²) in [5, 5.41) is 16.7. The third-order valence-electron chi connectivity index (χ3n) is 5.73. The largest absolute Gasteiger partial charge is 0.374 e. The number of fused-ring (bicyclic) bond motifs is 1. The van der Waals surface area contributed by atoms with Crippen LogP contribution in [0.3, 0.4) is 0 Å². The zero-order chi connectivity index (χ0) is 22.1. The van der Waals surface area contributed by atoms with E-state index in [1.165, 1.54) is 22.3 Å². The number of allylic oxidation sites excluding steroid dienone is 1. The molecule has 3 unspecified atom stereocenters. The molecule has 3 N–H and O–H groups in total. The van der Waals surface area contributed by atoms with Gasteiger partial charge in [0.1, 0.15) is 5.70 Å². The molecule has 5 nitrogen and oxygen atoms in total. The standard InChI is InChI=1S/C25H34N2O3/c1-15-10-11-20-17(12-15)8-7-9-19(20)16(2)21-13-18(24(29)30-25(3,4)5)14-22(27-21)23(28)26-6/h7-9,13-14,16,21,24,27,29H,1,10-12H2,2-6H3,(H,26,28). The number of hydrogen-bond acceptors (Lipinski definition) is 4. The topological polar surface area (TPSA) is 70.6 Å². The number of amides is 1. The van der Waals surface area contributed by atoms with Crippen molar-refractivity contribution in [3.63, 3.8) is 0 Å². The summed E-state index contributed by atoms with van der Waals surface area (Å²) >= 11 is 0. The van der Waals surface area contributed by atoms with E-state index >= 15 is 0 Å². The number of carbonyl (C=O) groups is 1. The average molecular weight is 411 g/mol. The van der Waals surface area contributed by atoms with Gasteiger partial charge in [0.25, 0.3) is 5.91 Å². The SMILES string of the molecule is C=C1CCc2c(cccc2C(C)C2C=C(C(O)OC(C)(C)C)C=C(C(=O)NC)N2)C1. The van der Waals surface area contributed by atoms with Crippen LogP contribution in [0.4, 0.5) is 0 Å². The monoisotopic (exact) mass is 410 g/mol. The summed E-state index contributed by atoms with van der Waals surface area (Å²) in [6, 6.07) is 6.31. The van der Waals surface area contributed by atoms with Crippen LogP contribution in [0, 0.1) is 0 Å². The van der Waals surface area contributed by atoms with E-state index < -0.39 is 11.9 Å². The van der Waals surface area contributed by atoms with Gasteiger partial charge in [-0.3, -0.25) is 4.79 Å². The van der Waals surface area contributed by atoms with Crippen molar-refractivity contribution in [3.05, 3.63) is 70.5 Å². The molecule has 2 aliphatic rings. The van der Waals surface area contributed by atoms with Gasteiger partial charge in [0.15, 0.2) is 6.29 Å². The second-order valence-electron chi connectivity index (χ2n) is 9.26. The number of carbonyl (C=O) groups excluding carboxylic acids is 1. The molecule has 1 aliphatic heterocycles. The fraction of sp³-hybridized carbons (Fsp3) is 0.480. The van der Waals surface area contributed by atoms with Gasteiger partial charge < -0.3 is 20.5 Å². The molecule has 1 aromatic carbocycles. The van der Waals surface area contributed by atoms with Gasteiger partial charge in [-0.2, -0.15) is 0 Å². The van der Waals surface area contributed by atoms with Gasteiger partial charge in [0, 0.05) is 18.5 Å². The highest BCUT2D eigenvalue weighted by atomic mass is 16.6. The van der Waals surface area contributed by atoms with Crippen molar-refractivity contribution >= 4 is 5.91 Å². The molecule has 0 spiro atoms. The van der Waals surface area contributed by atoms with Crippen molar-refractivity contribution in [2.75, 3.05) is 7.05 Å². The molecule has 0 saturated carbocycles. The first kappa shape index (κ1) is 22.3. The molecule has 0 fully saturated rings. The number of nitrogens with one attached hydrogen (secondary N) is 2. The molecule has 1 aliphatic carbocycles. The Morgan fingerprint density at radius 1 is 1.33 bits per heavy atom. The third-order valence-corrected chi connectivity index (χ3v) is 5.73. The van der Waals surface area contributed by atoms with Crippen LogP contribution in [0.2, 0.25) is 0 Å². The van der Waals surface area contributed by atoms with Gasteiger partial charge >= 0.3 is 0 Å². The summed E-state index contributed by atoms with van der Waals surface area (Å²) in [5.41, 5.74) is 5.80. The quantitative estimate of drug-likeness (QED) is 0.513. The van der Waals surface area contributed by atoms with Crippen molar-refractivity contribution in [2.24, 2.45) is 0 Å². The van der Waals surface area contributed by atoms with E-state index in [-0.39, 0.29) is 17.9 Å². The first-order valence-electron chi connectivity index (χ1n) is 10.6. The average Bonchev–Trinajstić information content (AvgIpc) is 2.70. The number of rotatable bonds is 5. The minimum absolute atomic E-state index is 0.108. The summed E-state index contributed by atoms with van der Waals surface area (Å²) in [4.78, 5) is 12.4. The second-order valence-corrected chi connectivity index (χ2v) is 9.26. The highest BCUT2D eigenvalue weighted by Gasteiger charge is 2.30. The lowest BCUT2D eigenvalue weighted by Crippen LogP contribution is -2.41. The Balaban J connectivity index is 1.94. The molecule has 3 rings (SSSR count). The molecule has 1 amide bonds. The maximum atomic E-state index is 12.4. The van der Waals surface area contributed by atoms with Gasteiger partial charge in [-0.15, -0.1) is 0 Å². The summed E-state index contributed by atoms with van der Waals surface area (Å²) in [5.74, 6) is -0.108. The normalized spacial score (nSPS) is 21.0. The number of dihydropyridines is 1. The molecule has 1 heterocycles. The van der Waals surface area contributed by atoms with E-state index in [9.17, 15) is 9.90 Å². The Labute approximate surface area is 179 Å². The molecule has 5 heteroatoms. The minimum atomic E-state index is -1.10. The van der Waals surface area contributed by atoms with Crippen LogP contribution in [0.25, 0.3) is 0 Å². The molecule has 1 aromatic rings. The van der Waals surface area contributed by atoms with Crippen molar-refractivity contribution < 1.29 is 14.6 Å². The Morgan fingerprint density at radius 3 is 2.73 bits per heavy atom. The number of hydrogen-bond donors (Lipinski definition) is 3. The molecule has 3 atom stereocenters. The number of aliphatic hydroxyl groups excluding tert-OH is 1. The summed E-state index contributed by atoms with van der Waals surface area (Å²) in [6.45, 7) is 12.0. The van der Waals surface area contributed by atoms with Gasteiger partial charge in [-0.25, -0.2) is 0 Å². The van der Waals surface area contributed by atoms with Crippen molar-refractivity contribution in [3.8, 4) is 0 Å². The van der Waals surface area contributed by atoms with E-state index in [4.69, 9.17) is 4.74 Å². The minimum Gasteiger partial charge on any atom is -0.374 e. The predicted molar refractivity (Wildman–Crippen MR) is 120 cm³/mol. The lowest BCUT2D eigenvalue weighted by molar-refractivity contribution is -0.142. The van der Waals surface area contributed by atoms with E-state index in [1.807, 2.05) is 26.8 Å². The number of likely N-dealkylation sites (N-methyl/N-ethyl adjacent to an activating group) is 1. The molecule has 0 radical (unpaired) electrons. The maximum Gasteiger partial charge on any atom is 0.267 e.